The number of carbonyl (C=O) groups is 2. The molecule has 5 nitrogen and oxygen atoms in total. The standard InChI is InChI=1S/C19H22FN3O2/c1-3-9-23-18(24)16(14-5-7-15(20)8-6-14)17(19(23)25)22-12-10-21(4-2)11-13-22/h3,5-8H,1,4,9-13H2,2H3. The summed E-state index contributed by atoms with van der Waals surface area (Å²) >= 11 is 0. The van der Waals surface area contributed by atoms with E-state index in [1.54, 1.807) is 12.1 Å². The van der Waals surface area contributed by atoms with Crippen LogP contribution in [0.5, 0.6) is 0 Å². The van der Waals surface area contributed by atoms with Gasteiger partial charge in [0.25, 0.3) is 11.8 Å². The molecule has 6 heteroatoms. The summed E-state index contributed by atoms with van der Waals surface area (Å²) in [6.07, 6.45) is 1.54. The van der Waals surface area contributed by atoms with Gasteiger partial charge in [0, 0.05) is 32.7 Å². The monoisotopic (exact) mass is 343 g/mol. The number of amides is 2. The number of rotatable bonds is 5. The van der Waals surface area contributed by atoms with Crippen LogP contribution in [0.25, 0.3) is 5.57 Å². The molecule has 1 aromatic rings. The molecule has 25 heavy (non-hydrogen) atoms. The van der Waals surface area contributed by atoms with Crippen LogP contribution in [0.4, 0.5) is 4.39 Å². The summed E-state index contributed by atoms with van der Waals surface area (Å²) in [7, 11) is 0. The number of benzene rings is 1. The molecule has 3 rings (SSSR count). The average molecular weight is 343 g/mol. The third kappa shape index (κ3) is 3.22. The predicted octanol–water partition coefficient (Wildman–Crippen LogP) is 1.73. The molecule has 132 valence electrons. The van der Waals surface area contributed by atoms with Crippen LogP contribution in [-0.2, 0) is 9.59 Å². The third-order valence-electron chi connectivity index (χ3n) is 4.72. The average Bonchev–Trinajstić information content (AvgIpc) is 2.87. The van der Waals surface area contributed by atoms with Crippen LogP contribution in [0.2, 0.25) is 0 Å². The van der Waals surface area contributed by atoms with Gasteiger partial charge in [0.1, 0.15) is 11.5 Å². The molecule has 0 bridgehead atoms. The molecule has 2 heterocycles. The van der Waals surface area contributed by atoms with E-state index in [1.807, 2.05) is 4.90 Å². The van der Waals surface area contributed by atoms with E-state index in [-0.39, 0.29) is 24.2 Å². The second-order valence-electron chi connectivity index (χ2n) is 6.16. The zero-order chi connectivity index (χ0) is 18.0. The van der Waals surface area contributed by atoms with Crippen LogP contribution < -0.4 is 0 Å². The van der Waals surface area contributed by atoms with Gasteiger partial charge in [-0.25, -0.2) is 4.39 Å². The molecule has 2 amide bonds. The Morgan fingerprint density at radius 2 is 1.72 bits per heavy atom. The fourth-order valence-corrected chi connectivity index (χ4v) is 3.32. The predicted molar refractivity (Wildman–Crippen MR) is 93.9 cm³/mol. The molecule has 0 N–H and O–H groups in total. The zero-order valence-electron chi connectivity index (χ0n) is 14.4. The number of hydrogen-bond acceptors (Lipinski definition) is 4. The number of imide groups is 1. The van der Waals surface area contributed by atoms with E-state index in [0.717, 1.165) is 19.6 Å². The quantitative estimate of drug-likeness (QED) is 0.603. The van der Waals surface area contributed by atoms with Gasteiger partial charge in [0.05, 0.1) is 5.57 Å². The summed E-state index contributed by atoms with van der Waals surface area (Å²) in [5.41, 5.74) is 1.35. The lowest BCUT2D eigenvalue weighted by Crippen LogP contribution is -2.47. The van der Waals surface area contributed by atoms with Gasteiger partial charge in [-0.3, -0.25) is 14.5 Å². The molecule has 1 saturated heterocycles. The lowest BCUT2D eigenvalue weighted by Gasteiger charge is -2.35. The summed E-state index contributed by atoms with van der Waals surface area (Å²) < 4.78 is 13.3. The van der Waals surface area contributed by atoms with Crippen molar-refractivity contribution >= 4 is 17.4 Å². The van der Waals surface area contributed by atoms with Crippen molar-refractivity contribution in [3.63, 3.8) is 0 Å². The van der Waals surface area contributed by atoms with Crippen molar-refractivity contribution in [1.82, 2.24) is 14.7 Å². The number of halogens is 1. The van der Waals surface area contributed by atoms with Gasteiger partial charge in [0.2, 0.25) is 0 Å². The minimum atomic E-state index is -0.373. The molecule has 0 atom stereocenters. The maximum absolute atomic E-state index is 13.3. The number of piperazine rings is 1. The van der Waals surface area contributed by atoms with Crippen molar-refractivity contribution in [3.8, 4) is 0 Å². The van der Waals surface area contributed by atoms with E-state index in [2.05, 4.69) is 18.4 Å². The molecule has 0 saturated carbocycles. The van der Waals surface area contributed by atoms with Crippen LogP contribution in [0.15, 0.2) is 42.6 Å². The van der Waals surface area contributed by atoms with Gasteiger partial charge in [-0.2, -0.15) is 0 Å². The van der Waals surface area contributed by atoms with Crippen LogP contribution >= 0.6 is 0 Å². The van der Waals surface area contributed by atoms with Crippen LogP contribution in [0, 0.1) is 5.82 Å². The molecular formula is C19H22FN3O2. The maximum atomic E-state index is 13.3. The summed E-state index contributed by atoms with van der Waals surface area (Å²) in [5.74, 6) is -1.01. The Labute approximate surface area is 147 Å². The van der Waals surface area contributed by atoms with Gasteiger partial charge in [-0.15, -0.1) is 6.58 Å². The second-order valence-corrected chi connectivity index (χ2v) is 6.16. The van der Waals surface area contributed by atoms with Crippen molar-refractivity contribution < 1.29 is 14.0 Å². The first kappa shape index (κ1) is 17.4. The van der Waals surface area contributed by atoms with Crippen LogP contribution in [0.1, 0.15) is 12.5 Å². The van der Waals surface area contributed by atoms with Gasteiger partial charge >= 0.3 is 0 Å². The van der Waals surface area contributed by atoms with Gasteiger partial charge in [-0.1, -0.05) is 25.1 Å². The molecule has 0 spiro atoms. The van der Waals surface area contributed by atoms with E-state index in [9.17, 15) is 14.0 Å². The minimum Gasteiger partial charge on any atom is -0.364 e. The molecule has 0 aliphatic carbocycles. The highest BCUT2D eigenvalue weighted by atomic mass is 19.1. The SMILES string of the molecule is C=CCN1C(=O)C(c2ccc(F)cc2)=C(N2CCN(CC)CC2)C1=O. The Balaban J connectivity index is 2.00. The van der Waals surface area contributed by atoms with Crippen molar-refractivity contribution in [2.24, 2.45) is 0 Å². The number of nitrogens with zero attached hydrogens (tertiary/aromatic N) is 3. The van der Waals surface area contributed by atoms with Gasteiger partial charge in [-0.05, 0) is 24.2 Å². The van der Waals surface area contributed by atoms with Crippen molar-refractivity contribution in [3.05, 3.63) is 54.0 Å². The van der Waals surface area contributed by atoms with Gasteiger partial charge in [0.15, 0.2) is 0 Å². The van der Waals surface area contributed by atoms with Crippen LogP contribution in [-0.4, -0.2) is 65.8 Å². The Morgan fingerprint density at radius 1 is 1.08 bits per heavy atom. The van der Waals surface area contributed by atoms with Crippen molar-refractivity contribution in [2.75, 3.05) is 39.3 Å². The molecule has 0 aromatic heterocycles. The molecule has 0 unspecified atom stereocenters. The summed E-state index contributed by atoms with van der Waals surface area (Å²) in [6.45, 7) is 9.94. The lowest BCUT2D eigenvalue weighted by atomic mass is 10.0. The smallest absolute Gasteiger partial charge is 0.278 e. The largest absolute Gasteiger partial charge is 0.364 e. The Hall–Kier alpha value is -2.47. The highest BCUT2D eigenvalue weighted by Crippen LogP contribution is 2.32. The van der Waals surface area contributed by atoms with Crippen LogP contribution in [0.3, 0.4) is 0 Å². The number of hydrogen-bond donors (Lipinski definition) is 0. The molecule has 1 aromatic carbocycles. The molecule has 1 fully saturated rings. The van der Waals surface area contributed by atoms with Gasteiger partial charge < -0.3 is 9.80 Å². The highest BCUT2D eigenvalue weighted by Gasteiger charge is 2.41. The zero-order valence-corrected chi connectivity index (χ0v) is 14.4. The molecular weight excluding hydrogens is 321 g/mol. The van der Waals surface area contributed by atoms with E-state index in [0.29, 0.717) is 29.9 Å². The van der Waals surface area contributed by atoms with E-state index in [4.69, 9.17) is 0 Å². The van der Waals surface area contributed by atoms with Crippen molar-refractivity contribution in [1.29, 1.82) is 0 Å². The topological polar surface area (TPSA) is 43.9 Å². The summed E-state index contributed by atoms with van der Waals surface area (Å²) in [4.78, 5) is 31.2. The first-order chi connectivity index (χ1) is 12.1. The first-order valence-electron chi connectivity index (χ1n) is 8.51. The highest BCUT2D eigenvalue weighted by molar-refractivity contribution is 6.35. The molecule has 2 aliphatic rings. The molecule has 2 aliphatic heterocycles. The fraction of sp³-hybridized carbons (Fsp3) is 0.368. The van der Waals surface area contributed by atoms with Crippen molar-refractivity contribution in [2.45, 2.75) is 6.92 Å². The minimum absolute atomic E-state index is 0.167. The first-order valence-corrected chi connectivity index (χ1v) is 8.51. The number of likely N-dealkylation sites (N-methyl/N-ethyl adjacent to an activating group) is 1. The van der Waals surface area contributed by atoms with E-state index < -0.39 is 0 Å². The Bertz CT molecular complexity index is 719. The Kier molecular flexibility index (Phi) is 4.99. The fourth-order valence-electron chi connectivity index (χ4n) is 3.32. The van der Waals surface area contributed by atoms with E-state index >= 15 is 0 Å². The molecule has 0 radical (unpaired) electrons. The maximum Gasteiger partial charge on any atom is 0.278 e. The summed E-state index contributed by atoms with van der Waals surface area (Å²) in [6, 6.07) is 5.72. The third-order valence-corrected chi connectivity index (χ3v) is 4.72. The normalized spacial score (nSPS) is 19.1. The number of carbonyl (C=O) groups excluding carboxylic acids is 2. The second kappa shape index (κ2) is 7.19. The lowest BCUT2D eigenvalue weighted by molar-refractivity contribution is -0.137. The Morgan fingerprint density at radius 3 is 2.28 bits per heavy atom. The summed E-state index contributed by atoms with van der Waals surface area (Å²) in [5, 5.41) is 0. The van der Waals surface area contributed by atoms with E-state index in [1.165, 1.54) is 23.1 Å².